The maximum atomic E-state index is 12.8. The number of anilines is 1. The van der Waals surface area contributed by atoms with Gasteiger partial charge in [-0.25, -0.2) is 18.6 Å². The number of rotatable bonds is 3. The van der Waals surface area contributed by atoms with Gasteiger partial charge in [-0.3, -0.25) is 0 Å². The zero-order valence-electron chi connectivity index (χ0n) is 8.91. The highest BCUT2D eigenvalue weighted by molar-refractivity contribution is 5.90. The minimum Gasteiger partial charge on any atom is -0.461 e. The fourth-order valence-corrected chi connectivity index (χ4v) is 1.24. The molecule has 2 N–H and O–H groups in total. The molecule has 1 heterocycles. The van der Waals surface area contributed by atoms with E-state index in [0.717, 1.165) is 6.20 Å². The number of carbonyl (C=O) groups excluding carboxylic acids is 1. The van der Waals surface area contributed by atoms with Crippen molar-refractivity contribution < 1.29 is 18.3 Å². The van der Waals surface area contributed by atoms with E-state index in [1.54, 1.807) is 0 Å². The van der Waals surface area contributed by atoms with Crippen molar-refractivity contribution in [2.75, 3.05) is 12.3 Å². The summed E-state index contributed by atoms with van der Waals surface area (Å²) in [6.45, 7) is 1.55. The summed E-state index contributed by atoms with van der Waals surface area (Å²) in [6.07, 6.45) is -2.04. The Hall–Kier alpha value is -2.23. The predicted molar refractivity (Wildman–Crippen MR) is 54.3 cm³/mol. The summed E-state index contributed by atoms with van der Waals surface area (Å²) in [5, 5.41) is 8.74. The number of ether oxygens (including phenoxy) is 1. The van der Waals surface area contributed by atoms with Crippen LogP contribution in [0.2, 0.25) is 0 Å². The van der Waals surface area contributed by atoms with Crippen molar-refractivity contribution in [1.82, 2.24) is 4.98 Å². The van der Waals surface area contributed by atoms with E-state index in [4.69, 9.17) is 11.0 Å². The van der Waals surface area contributed by atoms with E-state index in [1.807, 2.05) is 0 Å². The number of hydrogen-bond acceptors (Lipinski definition) is 5. The Balaban J connectivity index is 3.42. The van der Waals surface area contributed by atoms with Crippen LogP contribution in [0.25, 0.3) is 0 Å². The second-order valence-corrected chi connectivity index (χ2v) is 2.98. The number of nitriles is 1. The van der Waals surface area contributed by atoms with Gasteiger partial charge in [0, 0.05) is 0 Å². The maximum Gasteiger partial charge on any atom is 0.357 e. The van der Waals surface area contributed by atoms with Gasteiger partial charge in [0.15, 0.2) is 5.69 Å². The Bertz CT molecular complexity index is 483. The summed E-state index contributed by atoms with van der Waals surface area (Å²) in [5.74, 6) is -1.00. The van der Waals surface area contributed by atoms with Gasteiger partial charge in [0.05, 0.1) is 29.6 Å². The van der Waals surface area contributed by atoms with Gasteiger partial charge in [-0.1, -0.05) is 0 Å². The summed E-state index contributed by atoms with van der Waals surface area (Å²) in [6, 6.07) is 1.53. The monoisotopic (exact) mass is 241 g/mol. The number of halogens is 2. The molecule has 0 amide bonds. The number of pyridine rings is 1. The van der Waals surface area contributed by atoms with Crippen molar-refractivity contribution in [3.63, 3.8) is 0 Å². The molecule has 0 aromatic carbocycles. The lowest BCUT2D eigenvalue weighted by molar-refractivity contribution is 0.0507. The lowest BCUT2D eigenvalue weighted by Crippen LogP contribution is -2.13. The summed E-state index contributed by atoms with van der Waals surface area (Å²) in [7, 11) is 0. The van der Waals surface area contributed by atoms with E-state index in [-0.39, 0.29) is 12.3 Å². The van der Waals surface area contributed by atoms with Crippen molar-refractivity contribution in [3.05, 3.63) is 23.0 Å². The number of nitrogens with two attached hydrogens (primary N) is 1. The zero-order valence-corrected chi connectivity index (χ0v) is 8.91. The molecule has 1 rings (SSSR count). The van der Waals surface area contributed by atoms with Gasteiger partial charge < -0.3 is 10.5 Å². The number of alkyl halides is 2. The summed E-state index contributed by atoms with van der Waals surface area (Å²) in [4.78, 5) is 14.9. The van der Waals surface area contributed by atoms with E-state index in [9.17, 15) is 13.6 Å². The number of esters is 1. The number of hydrogen-bond donors (Lipinski definition) is 1. The average molecular weight is 241 g/mol. The van der Waals surface area contributed by atoms with Crippen molar-refractivity contribution in [3.8, 4) is 6.07 Å². The fraction of sp³-hybridized carbons (Fsp3) is 0.300. The lowest BCUT2D eigenvalue weighted by atomic mass is 10.1. The third kappa shape index (κ3) is 2.47. The van der Waals surface area contributed by atoms with Crippen LogP contribution < -0.4 is 5.73 Å². The van der Waals surface area contributed by atoms with Crippen LogP contribution in [0.3, 0.4) is 0 Å². The first-order valence-corrected chi connectivity index (χ1v) is 4.66. The van der Waals surface area contributed by atoms with E-state index in [0.29, 0.717) is 0 Å². The smallest absolute Gasteiger partial charge is 0.357 e. The maximum absolute atomic E-state index is 12.8. The Morgan fingerprint density at radius 3 is 2.82 bits per heavy atom. The fourth-order valence-electron chi connectivity index (χ4n) is 1.24. The van der Waals surface area contributed by atoms with Crippen LogP contribution >= 0.6 is 0 Å². The predicted octanol–water partition coefficient (Wildman–Crippen LogP) is 1.65. The Morgan fingerprint density at radius 1 is 1.71 bits per heavy atom. The van der Waals surface area contributed by atoms with Crippen molar-refractivity contribution in [2.24, 2.45) is 0 Å². The van der Waals surface area contributed by atoms with E-state index in [1.165, 1.54) is 13.0 Å². The number of nitrogen functional groups attached to an aromatic ring is 1. The van der Waals surface area contributed by atoms with Crippen LogP contribution in [0, 0.1) is 11.3 Å². The largest absolute Gasteiger partial charge is 0.461 e. The standard InChI is InChI=1S/C10H9F2N3O2/c1-2-17-10(16)8-7(9(11)12)5(3-13)6(14)4-15-8/h4,9H,2,14H2,1H3. The molecule has 0 aliphatic rings. The van der Waals surface area contributed by atoms with E-state index >= 15 is 0 Å². The van der Waals surface area contributed by atoms with Gasteiger partial charge >= 0.3 is 5.97 Å². The van der Waals surface area contributed by atoms with Crippen LogP contribution in [0.4, 0.5) is 14.5 Å². The van der Waals surface area contributed by atoms with Crippen LogP contribution in [-0.4, -0.2) is 17.6 Å². The number of carbonyl (C=O) groups is 1. The first kappa shape index (κ1) is 12.8. The third-order valence-corrected chi connectivity index (χ3v) is 1.94. The first-order valence-electron chi connectivity index (χ1n) is 4.66. The highest BCUT2D eigenvalue weighted by Crippen LogP contribution is 2.28. The van der Waals surface area contributed by atoms with E-state index in [2.05, 4.69) is 9.72 Å². The van der Waals surface area contributed by atoms with Gasteiger partial charge in [-0.2, -0.15) is 5.26 Å². The van der Waals surface area contributed by atoms with Crippen LogP contribution in [0.15, 0.2) is 6.20 Å². The molecule has 1 aromatic heterocycles. The van der Waals surface area contributed by atoms with Crippen LogP contribution in [-0.2, 0) is 4.74 Å². The molecule has 0 unspecified atom stereocenters. The summed E-state index contributed by atoms with van der Waals surface area (Å²) >= 11 is 0. The summed E-state index contributed by atoms with van der Waals surface area (Å²) in [5.41, 5.74) is 3.34. The normalized spacial score (nSPS) is 10.1. The molecule has 5 nitrogen and oxygen atoms in total. The molecule has 90 valence electrons. The lowest BCUT2D eigenvalue weighted by Gasteiger charge is -2.10. The first-order chi connectivity index (χ1) is 8.02. The van der Waals surface area contributed by atoms with Gasteiger partial charge in [0.25, 0.3) is 6.43 Å². The highest BCUT2D eigenvalue weighted by atomic mass is 19.3. The van der Waals surface area contributed by atoms with Crippen molar-refractivity contribution in [2.45, 2.75) is 13.3 Å². The molecule has 0 radical (unpaired) electrons. The molecule has 0 fully saturated rings. The topological polar surface area (TPSA) is 89.0 Å². The number of aromatic nitrogens is 1. The Labute approximate surface area is 95.8 Å². The molecule has 0 spiro atoms. The van der Waals surface area contributed by atoms with Crippen LogP contribution in [0.1, 0.15) is 35.0 Å². The minimum atomic E-state index is -3.03. The third-order valence-electron chi connectivity index (χ3n) is 1.94. The minimum absolute atomic E-state index is 0.0233. The van der Waals surface area contributed by atoms with Crippen LogP contribution in [0.5, 0.6) is 0 Å². The Morgan fingerprint density at radius 2 is 2.35 bits per heavy atom. The van der Waals surface area contributed by atoms with Gasteiger partial charge in [0.2, 0.25) is 0 Å². The zero-order chi connectivity index (χ0) is 13.0. The van der Waals surface area contributed by atoms with Gasteiger partial charge in [0.1, 0.15) is 6.07 Å². The molecule has 17 heavy (non-hydrogen) atoms. The SMILES string of the molecule is CCOC(=O)c1ncc(N)c(C#N)c1C(F)F. The molecule has 0 bridgehead atoms. The van der Waals surface area contributed by atoms with Gasteiger partial charge in [-0.05, 0) is 6.92 Å². The molecular formula is C10H9F2N3O2. The van der Waals surface area contributed by atoms with Gasteiger partial charge in [-0.15, -0.1) is 0 Å². The Kier molecular flexibility index (Phi) is 3.93. The molecule has 0 saturated carbocycles. The van der Waals surface area contributed by atoms with E-state index < -0.39 is 29.2 Å². The van der Waals surface area contributed by atoms with Crippen molar-refractivity contribution in [1.29, 1.82) is 5.26 Å². The molecular weight excluding hydrogens is 232 g/mol. The highest BCUT2D eigenvalue weighted by Gasteiger charge is 2.26. The number of nitrogens with zero attached hydrogens (tertiary/aromatic N) is 2. The molecule has 0 aliphatic heterocycles. The molecule has 0 saturated heterocycles. The molecule has 7 heteroatoms. The molecule has 0 atom stereocenters. The summed E-state index contributed by atoms with van der Waals surface area (Å²) < 4.78 is 30.2. The van der Waals surface area contributed by atoms with Crippen molar-refractivity contribution >= 4 is 11.7 Å². The molecule has 1 aromatic rings. The second-order valence-electron chi connectivity index (χ2n) is 2.98. The molecule has 0 aliphatic carbocycles. The second kappa shape index (κ2) is 5.21. The quantitative estimate of drug-likeness (QED) is 0.812. The average Bonchev–Trinajstić information content (AvgIpc) is 2.28.